The lowest BCUT2D eigenvalue weighted by molar-refractivity contribution is -0.121. The Bertz CT molecular complexity index is 1950. The number of hydrogen-bond acceptors (Lipinski definition) is 5. The van der Waals surface area contributed by atoms with E-state index in [9.17, 15) is 23.6 Å². The van der Waals surface area contributed by atoms with Gasteiger partial charge in [0.15, 0.2) is 0 Å². The van der Waals surface area contributed by atoms with Gasteiger partial charge in [0.05, 0.1) is 10.9 Å². The maximum Gasteiger partial charge on any atom is 0.272 e. The fourth-order valence-electron chi connectivity index (χ4n) is 5.05. The van der Waals surface area contributed by atoms with E-state index in [-0.39, 0.29) is 23.9 Å². The number of carbonyl (C=O) groups excluding carboxylic acids is 4. The number of carbonyl (C=O) groups is 4. The van der Waals surface area contributed by atoms with E-state index in [4.69, 9.17) is 0 Å². The largest absolute Gasteiger partial charge is 0.321 e. The van der Waals surface area contributed by atoms with Crippen molar-refractivity contribution in [3.8, 4) is 11.1 Å². The minimum Gasteiger partial charge on any atom is -0.321 e. The van der Waals surface area contributed by atoms with Gasteiger partial charge in [0.1, 0.15) is 11.5 Å². The Morgan fingerprint density at radius 2 is 1.36 bits per heavy atom. The SMILES string of the molecule is O=C(Nc1ccc(SC2CC(=O)N(c3ccc(F)cc3)C2=O)cc1)/C(=C/c1ccc(-c2ccccc2)cc1)NC(=O)c1ccccc1. The molecule has 1 fully saturated rings. The zero-order valence-corrected chi connectivity index (χ0v) is 25.7. The molecule has 1 heterocycles. The third-order valence-electron chi connectivity index (χ3n) is 7.44. The van der Waals surface area contributed by atoms with E-state index in [1.807, 2.05) is 54.6 Å². The highest BCUT2D eigenvalue weighted by Crippen LogP contribution is 2.34. The summed E-state index contributed by atoms with van der Waals surface area (Å²) in [5.74, 6) is -2.12. The Labute approximate surface area is 275 Å². The molecule has 47 heavy (non-hydrogen) atoms. The van der Waals surface area contributed by atoms with Gasteiger partial charge in [-0.2, -0.15) is 0 Å². The first-order chi connectivity index (χ1) is 22.8. The molecule has 5 aromatic carbocycles. The van der Waals surface area contributed by atoms with E-state index < -0.39 is 22.9 Å². The van der Waals surface area contributed by atoms with Gasteiger partial charge < -0.3 is 10.6 Å². The van der Waals surface area contributed by atoms with Crippen LogP contribution in [-0.4, -0.2) is 28.9 Å². The van der Waals surface area contributed by atoms with Crippen LogP contribution in [-0.2, 0) is 14.4 Å². The number of amides is 4. The van der Waals surface area contributed by atoms with Crippen molar-refractivity contribution in [3.63, 3.8) is 0 Å². The summed E-state index contributed by atoms with van der Waals surface area (Å²) in [4.78, 5) is 53.9. The highest BCUT2D eigenvalue weighted by atomic mass is 32.2. The molecular weight excluding hydrogens is 614 g/mol. The molecule has 232 valence electrons. The molecule has 9 heteroatoms. The fourth-order valence-corrected chi connectivity index (χ4v) is 6.10. The van der Waals surface area contributed by atoms with Gasteiger partial charge in [-0.05, 0) is 83.4 Å². The van der Waals surface area contributed by atoms with Crippen molar-refractivity contribution >= 4 is 52.8 Å². The molecular formula is C38H28FN3O4S. The van der Waals surface area contributed by atoms with Crippen LogP contribution in [0.4, 0.5) is 15.8 Å². The molecule has 4 amide bonds. The summed E-state index contributed by atoms with van der Waals surface area (Å²) in [5.41, 5.74) is 4.07. The smallest absolute Gasteiger partial charge is 0.272 e. The van der Waals surface area contributed by atoms with Crippen molar-refractivity contribution in [3.05, 3.63) is 156 Å². The van der Waals surface area contributed by atoms with Crippen molar-refractivity contribution < 1.29 is 23.6 Å². The molecule has 6 rings (SSSR count). The Balaban J connectivity index is 1.16. The summed E-state index contributed by atoms with van der Waals surface area (Å²) in [5, 5.41) is 4.95. The number of rotatable bonds is 9. The number of thioether (sulfide) groups is 1. The topological polar surface area (TPSA) is 95.6 Å². The molecule has 5 aromatic rings. The van der Waals surface area contributed by atoms with Crippen molar-refractivity contribution in [2.24, 2.45) is 0 Å². The van der Waals surface area contributed by atoms with Crippen LogP contribution in [0, 0.1) is 5.82 Å². The monoisotopic (exact) mass is 641 g/mol. The number of nitrogens with one attached hydrogen (secondary N) is 2. The van der Waals surface area contributed by atoms with E-state index >= 15 is 0 Å². The van der Waals surface area contributed by atoms with Crippen LogP contribution in [0.2, 0.25) is 0 Å². The minimum absolute atomic E-state index is 0.0148. The molecule has 0 saturated carbocycles. The zero-order chi connectivity index (χ0) is 32.8. The first kappa shape index (κ1) is 31.2. The average Bonchev–Trinajstić information content (AvgIpc) is 3.38. The molecule has 1 saturated heterocycles. The normalized spacial score (nSPS) is 14.6. The fraction of sp³-hybridized carbons (Fsp3) is 0.0526. The second-order valence-electron chi connectivity index (χ2n) is 10.7. The van der Waals surface area contributed by atoms with Gasteiger partial charge >= 0.3 is 0 Å². The highest BCUT2D eigenvalue weighted by molar-refractivity contribution is 8.00. The van der Waals surface area contributed by atoms with Crippen molar-refractivity contribution in [2.75, 3.05) is 10.2 Å². The maximum atomic E-state index is 13.5. The standard InChI is InChI=1S/C38H28FN3O4S/c39-29-15-19-31(20-16-29)42-35(43)24-34(38(42)46)47-32-21-17-30(18-22-32)40-37(45)33(41-36(44)28-9-5-2-6-10-28)23-25-11-13-27(14-12-25)26-7-3-1-4-8-26/h1-23,34H,24H2,(H,40,45)(H,41,44)/b33-23-. The molecule has 2 N–H and O–H groups in total. The molecule has 0 radical (unpaired) electrons. The van der Waals surface area contributed by atoms with Gasteiger partial charge in [-0.3, -0.25) is 19.2 Å². The Kier molecular flexibility index (Phi) is 9.36. The first-order valence-electron chi connectivity index (χ1n) is 14.8. The molecule has 0 aliphatic carbocycles. The predicted octanol–water partition coefficient (Wildman–Crippen LogP) is 7.33. The second-order valence-corrected chi connectivity index (χ2v) is 12.0. The van der Waals surface area contributed by atoms with Crippen molar-refractivity contribution in [2.45, 2.75) is 16.6 Å². The second kappa shape index (κ2) is 14.1. The summed E-state index contributed by atoms with van der Waals surface area (Å²) >= 11 is 1.24. The minimum atomic E-state index is -0.635. The summed E-state index contributed by atoms with van der Waals surface area (Å²) in [6.45, 7) is 0. The number of benzene rings is 5. The van der Waals surface area contributed by atoms with E-state index in [0.29, 0.717) is 16.9 Å². The van der Waals surface area contributed by atoms with Gasteiger partial charge in [-0.15, -0.1) is 11.8 Å². The number of hydrogen-bond donors (Lipinski definition) is 2. The molecule has 1 aliphatic rings. The van der Waals surface area contributed by atoms with Crippen LogP contribution in [0.15, 0.2) is 144 Å². The first-order valence-corrected chi connectivity index (χ1v) is 15.7. The summed E-state index contributed by atoms with van der Waals surface area (Å²) in [6, 6.07) is 38.3. The van der Waals surface area contributed by atoms with Crippen LogP contribution in [0.5, 0.6) is 0 Å². The molecule has 1 aliphatic heterocycles. The number of imide groups is 1. The van der Waals surface area contributed by atoms with Crippen molar-refractivity contribution in [1.29, 1.82) is 0 Å². The molecule has 1 unspecified atom stereocenters. The Hall–Kier alpha value is -5.80. The van der Waals surface area contributed by atoms with Crippen LogP contribution in [0.1, 0.15) is 22.3 Å². The third-order valence-corrected chi connectivity index (χ3v) is 8.64. The van der Waals surface area contributed by atoms with Crippen LogP contribution in [0.3, 0.4) is 0 Å². The molecule has 0 spiro atoms. The number of anilines is 2. The van der Waals surface area contributed by atoms with Gasteiger partial charge in [0, 0.05) is 22.6 Å². The van der Waals surface area contributed by atoms with E-state index in [1.165, 1.54) is 36.0 Å². The molecule has 7 nitrogen and oxygen atoms in total. The number of nitrogens with zero attached hydrogens (tertiary/aromatic N) is 1. The zero-order valence-electron chi connectivity index (χ0n) is 24.9. The summed E-state index contributed by atoms with van der Waals surface area (Å²) in [6.07, 6.45) is 1.63. The maximum absolute atomic E-state index is 13.5. The van der Waals surface area contributed by atoms with Gasteiger partial charge in [0.25, 0.3) is 11.8 Å². The quantitative estimate of drug-likeness (QED) is 0.130. The predicted molar refractivity (Wildman–Crippen MR) is 182 cm³/mol. The summed E-state index contributed by atoms with van der Waals surface area (Å²) in [7, 11) is 0. The van der Waals surface area contributed by atoms with Gasteiger partial charge in [-0.25, -0.2) is 9.29 Å². The van der Waals surface area contributed by atoms with E-state index in [1.54, 1.807) is 60.7 Å². The molecule has 1 atom stereocenters. The Morgan fingerprint density at radius 1 is 0.745 bits per heavy atom. The molecule has 0 aromatic heterocycles. The average molecular weight is 642 g/mol. The van der Waals surface area contributed by atoms with Crippen LogP contribution >= 0.6 is 11.8 Å². The van der Waals surface area contributed by atoms with Crippen LogP contribution < -0.4 is 15.5 Å². The van der Waals surface area contributed by atoms with Crippen molar-refractivity contribution in [1.82, 2.24) is 5.32 Å². The van der Waals surface area contributed by atoms with Crippen LogP contribution in [0.25, 0.3) is 17.2 Å². The lowest BCUT2D eigenvalue weighted by Crippen LogP contribution is -2.31. The van der Waals surface area contributed by atoms with E-state index in [0.717, 1.165) is 26.5 Å². The van der Waals surface area contributed by atoms with Gasteiger partial charge in [0.2, 0.25) is 11.8 Å². The lowest BCUT2D eigenvalue weighted by Gasteiger charge is -2.15. The third kappa shape index (κ3) is 7.54. The number of halogens is 1. The van der Waals surface area contributed by atoms with Gasteiger partial charge in [-0.1, -0.05) is 72.8 Å². The Morgan fingerprint density at radius 3 is 2.02 bits per heavy atom. The lowest BCUT2D eigenvalue weighted by atomic mass is 10.0. The molecule has 0 bridgehead atoms. The summed E-state index contributed by atoms with van der Waals surface area (Å²) < 4.78 is 13.3. The highest BCUT2D eigenvalue weighted by Gasteiger charge is 2.40. The van der Waals surface area contributed by atoms with E-state index in [2.05, 4.69) is 10.6 Å².